The number of aromatic nitrogens is 3. The predicted molar refractivity (Wildman–Crippen MR) is 164 cm³/mol. The molecule has 0 aliphatic heterocycles. The molecular weight excluding hydrogens is 511 g/mol. The van der Waals surface area contributed by atoms with E-state index in [0.717, 1.165) is 114 Å². The van der Waals surface area contributed by atoms with Crippen molar-refractivity contribution in [2.75, 3.05) is 17.3 Å². The second-order valence-electron chi connectivity index (χ2n) is 9.84. The van der Waals surface area contributed by atoms with Gasteiger partial charge >= 0.3 is 17.1 Å². The predicted octanol–water partition coefficient (Wildman–Crippen LogP) is 5.98. The van der Waals surface area contributed by atoms with Crippen molar-refractivity contribution >= 4 is 37.9 Å². The highest BCUT2D eigenvalue weighted by Crippen LogP contribution is 2.08. The molecule has 0 N–H and O–H groups in total. The molecule has 9 heteroatoms. The Bertz CT molecular complexity index is 712. The van der Waals surface area contributed by atoms with E-state index in [0.29, 0.717) is 19.6 Å². The highest BCUT2D eigenvalue weighted by atomic mass is 32.1. The fourth-order valence-electron chi connectivity index (χ4n) is 4.52. The van der Waals surface area contributed by atoms with Crippen LogP contribution in [0.5, 0.6) is 0 Å². The van der Waals surface area contributed by atoms with Crippen LogP contribution in [0.15, 0.2) is 14.4 Å². The third-order valence-corrected chi connectivity index (χ3v) is 7.70. The Hall–Kier alpha value is -0.540. The third kappa shape index (κ3) is 13.8. The molecule has 1 rings (SSSR count). The molecule has 1 aromatic heterocycles. The number of hydrogen-bond acceptors (Lipinski definition) is 6. The molecule has 0 radical (unpaired) electrons. The maximum absolute atomic E-state index is 13.1. The first-order valence-corrected chi connectivity index (χ1v) is 16.2. The Morgan fingerprint density at radius 3 is 0.750 bits per heavy atom. The smallest absolute Gasteiger partial charge is 0.247 e. The lowest BCUT2D eigenvalue weighted by molar-refractivity contribution is 0.411. The summed E-state index contributed by atoms with van der Waals surface area (Å²) >= 11 is 12.8. The Kier molecular flexibility index (Phi) is 20.9. The molecule has 36 heavy (non-hydrogen) atoms. The molecule has 0 fully saturated rings. The average molecular weight is 562 g/mol. The molecule has 0 spiro atoms. The average Bonchev–Trinajstić information content (AvgIpc) is 2.87. The summed E-state index contributed by atoms with van der Waals surface area (Å²) in [6, 6.07) is 0. The van der Waals surface area contributed by atoms with Gasteiger partial charge in [-0.3, -0.25) is 0 Å². The van der Waals surface area contributed by atoms with Crippen molar-refractivity contribution in [2.24, 2.45) is 0 Å². The molecular formula is C27H51N3O3S3. The van der Waals surface area contributed by atoms with E-state index in [1.807, 2.05) is 0 Å². The lowest BCUT2D eigenvalue weighted by atomic mass is 10.1. The molecule has 0 unspecified atom stereocenters. The minimum absolute atomic E-state index is 0.387. The number of thiol groups is 3. The first-order valence-electron chi connectivity index (χ1n) is 14.4. The van der Waals surface area contributed by atoms with Crippen molar-refractivity contribution < 1.29 is 0 Å². The Labute approximate surface area is 234 Å². The molecule has 0 aliphatic rings. The minimum Gasteiger partial charge on any atom is -0.247 e. The lowest BCUT2D eigenvalue weighted by Gasteiger charge is -2.14. The monoisotopic (exact) mass is 561 g/mol. The summed E-state index contributed by atoms with van der Waals surface area (Å²) in [6.45, 7) is 1.16. The van der Waals surface area contributed by atoms with E-state index >= 15 is 0 Å². The normalized spacial score (nSPS) is 11.4. The molecule has 0 aromatic carbocycles. The van der Waals surface area contributed by atoms with E-state index in [4.69, 9.17) is 0 Å². The van der Waals surface area contributed by atoms with Crippen molar-refractivity contribution in [1.82, 2.24) is 13.7 Å². The molecule has 1 heterocycles. The van der Waals surface area contributed by atoms with Crippen LogP contribution in [0, 0.1) is 0 Å². The SMILES string of the molecule is O=c1n(CCCCCCCCS)c(=O)n(CCCCCCCCS)c(=O)n1CCCCCCCCS. The summed E-state index contributed by atoms with van der Waals surface area (Å²) in [5.74, 6) is 2.76. The zero-order chi connectivity index (χ0) is 26.4. The van der Waals surface area contributed by atoms with E-state index in [1.165, 1.54) is 33.0 Å². The number of hydrogen-bond donors (Lipinski definition) is 3. The molecule has 0 amide bonds. The van der Waals surface area contributed by atoms with E-state index in [9.17, 15) is 14.4 Å². The number of nitrogens with zero attached hydrogens (tertiary/aromatic N) is 3. The number of unbranched alkanes of at least 4 members (excludes halogenated alkanes) is 15. The molecule has 1 aromatic rings. The van der Waals surface area contributed by atoms with Crippen LogP contribution < -0.4 is 17.1 Å². The van der Waals surface area contributed by atoms with Gasteiger partial charge in [-0.2, -0.15) is 37.9 Å². The highest BCUT2D eigenvalue weighted by Gasteiger charge is 2.15. The zero-order valence-corrected chi connectivity index (χ0v) is 25.1. The van der Waals surface area contributed by atoms with Gasteiger partial charge in [-0.1, -0.05) is 77.0 Å². The van der Waals surface area contributed by atoms with Gasteiger partial charge in [0.1, 0.15) is 0 Å². The highest BCUT2D eigenvalue weighted by molar-refractivity contribution is 7.80. The summed E-state index contributed by atoms with van der Waals surface area (Å²) in [5, 5.41) is 0. The van der Waals surface area contributed by atoms with Gasteiger partial charge in [-0.15, -0.1) is 0 Å². The van der Waals surface area contributed by atoms with E-state index in [1.54, 1.807) is 0 Å². The maximum Gasteiger partial charge on any atom is 0.336 e. The van der Waals surface area contributed by atoms with E-state index < -0.39 is 17.1 Å². The van der Waals surface area contributed by atoms with E-state index in [2.05, 4.69) is 37.9 Å². The Balaban J connectivity index is 2.81. The fourth-order valence-corrected chi connectivity index (χ4v) is 5.19. The first kappa shape index (κ1) is 33.5. The molecule has 6 nitrogen and oxygen atoms in total. The largest absolute Gasteiger partial charge is 0.336 e. The summed E-state index contributed by atoms with van der Waals surface area (Å²) in [6.07, 6.45) is 18.9. The number of rotatable bonds is 24. The van der Waals surface area contributed by atoms with E-state index in [-0.39, 0.29) is 0 Å². The van der Waals surface area contributed by atoms with Gasteiger partial charge in [0.05, 0.1) is 0 Å². The quantitative estimate of drug-likeness (QED) is 0.107. The summed E-state index contributed by atoms with van der Waals surface area (Å²) in [5.41, 5.74) is -1.30. The van der Waals surface area contributed by atoms with Crippen LogP contribution in [0.4, 0.5) is 0 Å². The van der Waals surface area contributed by atoms with Crippen LogP contribution in [0.2, 0.25) is 0 Å². The summed E-state index contributed by atoms with van der Waals surface area (Å²) in [4.78, 5) is 39.4. The van der Waals surface area contributed by atoms with Gasteiger partial charge in [-0.05, 0) is 55.8 Å². The maximum atomic E-state index is 13.1. The molecule has 0 saturated heterocycles. The van der Waals surface area contributed by atoms with Crippen molar-refractivity contribution in [3.8, 4) is 0 Å². The second kappa shape index (κ2) is 22.4. The van der Waals surface area contributed by atoms with Crippen LogP contribution >= 0.6 is 37.9 Å². The fraction of sp³-hybridized carbons (Fsp3) is 0.889. The first-order chi connectivity index (χ1) is 17.6. The minimum atomic E-state index is -0.432. The van der Waals surface area contributed by atoms with Crippen LogP contribution in [0.1, 0.15) is 116 Å². The van der Waals surface area contributed by atoms with Gasteiger partial charge in [0.15, 0.2) is 0 Å². The van der Waals surface area contributed by atoms with Gasteiger partial charge in [0.2, 0.25) is 0 Å². The third-order valence-electron chi connectivity index (χ3n) is 6.75. The second-order valence-corrected chi connectivity index (χ2v) is 11.2. The topological polar surface area (TPSA) is 66.0 Å². The lowest BCUT2D eigenvalue weighted by Crippen LogP contribution is -2.54. The Morgan fingerprint density at radius 1 is 0.333 bits per heavy atom. The standard InChI is InChI=1S/C27H51N3O3S3/c31-25-28(19-13-7-1-4-10-16-22-34)26(32)30(21-15-9-3-6-12-18-24-36)27(33)29(25)20-14-8-2-5-11-17-23-35/h34-36H,1-24H2. The van der Waals surface area contributed by atoms with Crippen molar-refractivity contribution in [1.29, 1.82) is 0 Å². The van der Waals surface area contributed by atoms with Crippen LogP contribution in [0.25, 0.3) is 0 Å². The van der Waals surface area contributed by atoms with Crippen LogP contribution in [-0.4, -0.2) is 31.0 Å². The van der Waals surface area contributed by atoms with Gasteiger partial charge in [0, 0.05) is 19.6 Å². The zero-order valence-electron chi connectivity index (χ0n) is 22.4. The summed E-state index contributed by atoms with van der Waals surface area (Å²) < 4.78 is 3.94. The molecule has 210 valence electrons. The molecule has 0 bridgehead atoms. The Morgan fingerprint density at radius 2 is 0.528 bits per heavy atom. The van der Waals surface area contributed by atoms with Gasteiger partial charge < -0.3 is 0 Å². The van der Waals surface area contributed by atoms with Crippen LogP contribution in [-0.2, 0) is 19.6 Å². The van der Waals surface area contributed by atoms with Crippen molar-refractivity contribution in [3.05, 3.63) is 31.5 Å². The summed E-state index contributed by atoms with van der Waals surface area (Å²) in [7, 11) is 0. The van der Waals surface area contributed by atoms with Gasteiger partial charge in [-0.25, -0.2) is 28.1 Å². The molecule has 0 atom stereocenters. The molecule has 0 saturated carbocycles. The van der Waals surface area contributed by atoms with Crippen molar-refractivity contribution in [3.63, 3.8) is 0 Å². The molecule has 0 aliphatic carbocycles. The van der Waals surface area contributed by atoms with Gasteiger partial charge in [0.25, 0.3) is 0 Å². The van der Waals surface area contributed by atoms with Crippen molar-refractivity contribution in [2.45, 2.75) is 135 Å². The van der Waals surface area contributed by atoms with Crippen LogP contribution in [0.3, 0.4) is 0 Å².